The fourth-order valence-corrected chi connectivity index (χ4v) is 5.23. The largest absolute Gasteiger partial charge is 0.342 e. The summed E-state index contributed by atoms with van der Waals surface area (Å²) in [5.74, 6) is 1.97. The summed E-state index contributed by atoms with van der Waals surface area (Å²) < 4.78 is 0. The van der Waals surface area contributed by atoms with Crippen LogP contribution in [0.4, 0.5) is 0 Å². The van der Waals surface area contributed by atoms with Gasteiger partial charge in [0.05, 0.1) is 22.1 Å². The van der Waals surface area contributed by atoms with Crippen molar-refractivity contribution in [3.05, 3.63) is 71.5 Å². The summed E-state index contributed by atoms with van der Waals surface area (Å²) in [5.41, 5.74) is 10.4. The molecule has 0 spiro atoms. The number of hydrogen-bond acceptors (Lipinski definition) is 2. The first kappa shape index (κ1) is 23.3. The molecule has 35 heavy (non-hydrogen) atoms. The van der Waals surface area contributed by atoms with Gasteiger partial charge in [-0.1, -0.05) is 72.2 Å². The van der Waals surface area contributed by atoms with Gasteiger partial charge in [0.2, 0.25) is 0 Å². The minimum atomic E-state index is 0.0442. The summed E-state index contributed by atoms with van der Waals surface area (Å²) in [7, 11) is 0. The van der Waals surface area contributed by atoms with E-state index in [1.807, 2.05) is 0 Å². The molecule has 3 aromatic carbocycles. The number of H-pyrrole nitrogens is 2. The lowest BCUT2D eigenvalue weighted by atomic mass is 9.83. The molecule has 180 valence electrons. The minimum absolute atomic E-state index is 0.0442. The molecule has 0 atom stereocenters. The molecule has 4 nitrogen and oxygen atoms in total. The van der Waals surface area contributed by atoms with Crippen LogP contribution in [0.5, 0.6) is 0 Å². The Hall–Kier alpha value is -3.40. The van der Waals surface area contributed by atoms with Crippen molar-refractivity contribution in [1.82, 2.24) is 19.9 Å². The quantitative estimate of drug-likeness (QED) is 0.274. The molecule has 0 aliphatic carbocycles. The summed E-state index contributed by atoms with van der Waals surface area (Å²) >= 11 is 0. The molecule has 5 aromatic rings. The van der Waals surface area contributed by atoms with Crippen molar-refractivity contribution in [2.45, 2.75) is 72.1 Å². The minimum Gasteiger partial charge on any atom is -0.342 e. The van der Waals surface area contributed by atoms with E-state index in [0.717, 1.165) is 57.7 Å². The van der Waals surface area contributed by atoms with Crippen molar-refractivity contribution in [1.29, 1.82) is 0 Å². The smallest absolute Gasteiger partial charge is 0.138 e. The first-order valence-electron chi connectivity index (χ1n) is 12.7. The molecular weight excluding hydrogens is 428 g/mol. The average molecular weight is 465 g/mol. The summed E-state index contributed by atoms with van der Waals surface area (Å²) in [6.45, 7) is 15.7. The van der Waals surface area contributed by atoms with Gasteiger partial charge >= 0.3 is 0 Å². The molecule has 2 heterocycles. The maximum Gasteiger partial charge on any atom is 0.138 e. The third-order valence-corrected chi connectivity index (χ3v) is 7.12. The highest BCUT2D eigenvalue weighted by atomic mass is 14.9. The van der Waals surface area contributed by atoms with Gasteiger partial charge in [-0.2, -0.15) is 0 Å². The first-order chi connectivity index (χ1) is 16.5. The fourth-order valence-electron chi connectivity index (χ4n) is 5.23. The second-order valence-corrected chi connectivity index (χ2v) is 11.5. The van der Waals surface area contributed by atoms with Crippen molar-refractivity contribution in [2.75, 3.05) is 0 Å². The van der Waals surface area contributed by atoms with Gasteiger partial charge in [-0.15, -0.1) is 0 Å². The Labute approximate surface area is 208 Å². The SMILES string of the molecule is CCCC(C)(C)c1nc2ccc(-c3ccc4nc(-c5ccc(C(C)(C)C)c(C)c5)[nH]c4c3)cc2[nH]1. The number of aryl methyl sites for hydroxylation is 1. The van der Waals surface area contributed by atoms with Crippen LogP contribution in [-0.2, 0) is 10.8 Å². The van der Waals surface area contributed by atoms with Gasteiger partial charge < -0.3 is 9.97 Å². The molecule has 0 saturated carbocycles. The predicted molar refractivity (Wildman–Crippen MR) is 148 cm³/mol. The summed E-state index contributed by atoms with van der Waals surface area (Å²) in [4.78, 5) is 16.9. The molecule has 0 unspecified atom stereocenters. The van der Waals surface area contributed by atoms with Crippen LogP contribution in [0, 0.1) is 6.92 Å². The second-order valence-electron chi connectivity index (χ2n) is 11.5. The summed E-state index contributed by atoms with van der Waals surface area (Å²) in [6.07, 6.45) is 2.25. The Morgan fingerprint density at radius 3 is 1.91 bits per heavy atom. The van der Waals surface area contributed by atoms with Gasteiger partial charge in [0.15, 0.2) is 0 Å². The Kier molecular flexibility index (Phi) is 5.58. The Bertz CT molecular complexity index is 1530. The van der Waals surface area contributed by atoms with Crippen molar-refractivity contribution in [2.24, 2.45) is 0 Å². The number of fused-ring (bicyclic) bond motifs is 2. The molecule has 0 bridgehead atoms. The molecule has 0 aliphatic heterocycles. The van der Waals surface area contributed by atoms with Crippen molar-refractivity contribution < 1.29 is 0 Å². The van der Waals surface area contributed by atoms with E-state index in [2.05, 4.69) is 113 Å². The van der Waals surface area contributed by atoms with Crippen LogP contribution >= 0.6 is 0 Å². The third-order valence-electron chi connectivity index (χ3n) is 7.12. The highest BCUT2D eigenvalue weighted by molar-refractivity contribution is 5.87. The first-order valence-corrected chi connectivity index (χ1v) is 12.7. The highest BCUT2D eigenvalue weighted by Crippen LogP contribution is 2.32. The van der Waals surface area contributed by atoms with Crippen molar-refractivity contribution in [3.8, 4) is 22.5 Å². The lowest BCUT2D eigenvalue weighted by Gasteiger charge is -2.22. The molecule has 5 rings (SSSR count). The average Bonchev–Trinajstić information content (AvgIpc) is 3.42. The molecule has 2 N–H and O–H groups in total. The van der Waals surface area contributed by atoms with E-state index in [1.54, 1.807) is 0 Å². The molecule has 0 amide bonds. The van der Waals surface area contributed by atoms with Crippen LogP contribution in [0.2, 0.25) is 0 Å². The Morgan fingerprint density at radius 1 is 0.714 bits per heavy atom. The number of aromatic nitrogens is 4. The van der Waals surface area contributed by atoms with E-state index < -0.39 is 0 Å². The zero-order chi connectivity index (χ0) is 25.0. The number of rotatable bonds is 5. The van der Waals surface area contributed by atoms with Crippen LogP contribution in [0.15, 0.2) is 54.6 Å². The van der Waals surface area contributed by atoms with Gasteiger partial charge in [-0.05, 0) is 71.3 Å². The third kappa shape index (κ3) is 4.38. The van der Waals surface area contributed by atoms with Crippen LogP contribution in [-0.4, -0.2) is 19.9 Å². The zero-order valence-corrected chi connectivity index (χ0v) is 22.0. The predicted octanol–water partition coefficient (Wildman–Crippen LogP) is 8.46. The highest BCUT2D eigenvalue weighted by Gasteiger charge is 2.23. The van der Waals surface area contributed by atoms with Crippen molar-refractivity contribution in [3.63, 3.8) is 0 Å². The van der Waals surface area contributed by atoms with Crippen molar-refractivity contribution >= 4 is 22.1 Å². The lowest BCUT2D eigenvalue weighted by molar-refractivity contribution is 0.450. The van der Waals surface area contributed by atoms with Crippen LogP contribution < -0.4 is 0 Å². The topological polar surface area (TPSA) is 57.4 Å². The standard InChI is InChI=1S/C31H36N4/c1-8-15-31(6,7)29-34-25-14-11-21(18-27(25)35-29)20-10-13-24-26(17-20)33-28(32-24)22-9-12-23(19(2)16-22)30(3,4)5/h9-14,16-18H,8,15H2,1-7H3,(H,32,33)(H,34,35). The van der Waals surface area contributed by atoms with E-state index in [-0.39, 0.29) is 10.8 Å². The number of hydrogen-bond donors (Lipinski definition) is 2. The van der Waals surface area contributed by atoms with Gasteiger partial charge in [0.1, 0.15) is 11.6 Å². The second kappa shape index (κ2) is 8.37. The maximum absolute atomic E-state index is 4.88. The molecule has 0 saturated heterocycles. The van der Waals surface area contributed by atoms with Gasteiger partial charge in [0, 0.05) is 11.0 Å². The van der Waals surface area contributed by atoms with E-state index in [4.69, 9.17) is 9.97 Å². The molecule has 0 fully saturated rings. The number of aromatic amines is 2. The van der Waals surface area contributed by atoms with E-state index in [1.165, 1.54) is 16.7 Å². The van der Waals surface area contributed by atoms with Gasteiger partial charge in [-0.25, -0.2) is 9.97 Å². The van der Waals surface area contributed by atoms with Gasteiger partial charge in [0.25, 0.3) is 0 Å². The van der Waals surface area contributed by atoms with Gasteiger partial charge in [-0.3, -0.25) is 0 Å². The number of imidazole rings is 2. The molecule has 4 heteroatoms. The Balaban J connectivity index is 1.49. The zero-order valence-electron chi connectivity index (χ0n) is 22.0. The molecular formula is C31H36N4. The summed E-state index contributed by atoms with van der Waals surface area (Å²) in [5, 5.41) is 0. The van der Waals surface area contributed by atoms with E-state index in [9.17, 15) is 0 Å². The maximum atomic E-state index is 4.88. The number of nitrogens with one attached hydrogen (secondary N) is 2. The normalized spacial score (nSPS) is 12.7. The van der Waals surface area contributed by atoms with E-state index in [0.29, 0.717) is 0 Å². The monoisotopic (exact) mass is 464 g/mol. The van der Waals surface area contributed by atoms with Crippen LogP contribution in [0.25, 0.3) is 44.6 Å². The fraction of sp³-hybridized carbons (Fsp3) is 0.355. The molecule has 0 aliphatic rings. The van der Waals surface area contributed by atoms with Crippen LogP contribution in [0.1, 0.15) is 71.3 Å². The molecule has 0 radical (unpaired) electrons. The summed E-state index contributed by atoms with van der Waals surface area (Å²) in [6, 6.07) is 19.6. The Morgan fingerprint density at radius 2 is 1.31 bits per heavy atom. The van der Waals surface area contributed by atoms with E-state index >= 15 is 0 Å². The number of nitrogens with zero attached hydrogens (tertiary/aromatic N) is 2. The molecule has 2 aromatic heterocycles. The number of benzene rings is 3. The lowest BCUT2D eigenvalue weighted by Crippen LogP contribution is -2.18. The van der Waals surface area contributed by atoms with Crippen LogP contribution in [0.3, 0.4) is 0 Å².